The second-order valence-electron chi connectivity index (χ2n) is 4.77. The third kappa shape index (κ3) is 3.77. The second-order valence-corrected chi connectivity index (χ2v) is 5.76. The summed E-state index contributed by atoms with van der Waals surface area (Å²) in [5.41, 5.74) is 5.11. The molecule has 1 fully saturated rings. The molecule has 21 heavy (non-hydrogen) atoms. The van der Waals surface area contributed by atoms with E-state index in [4.69, 9.17) is 10.9 Å². The van der Waals surface area contributed by atoms with Crippen LogP contribution in [0.3, 0.4) is 0 Å². The molecule has 0 aliphatic heterocycles. The Bertz CT molecular complexity index is 499. The third-order valence-electron chi connectivity index (χ3n) is 3.38. The molecule has 1 aliphatic carbocycles. The summed E-state index contributed by atoms with van der Waals surface area (Å²) in [7, 11) is 0. The van der Waals surface area contributed by atoms with E-state index in [0.29, 0.717) is 5.16 Å². The maximum Gasteiger partial charge on any atom is 0.399 e. The van der Waals surface area contributed by atoms with E-state index in [2.05, 4.69) is 20.7 Å². The molecular weight excluding hydrogens is 309 g/mol. The Labute approximate surface area is 122 Å². The number of halogens is 3. The first-order chi connectivity index (χ1) is 9.93. The average molecular weight is 324 g/mol. The van der Waals surface area contributed by atoms with Crippen LogP contribution in [0.2, 0.25) is 0 Å². The summed E-state index contributed by atoms with van der Waals surface area (Å²) in [4.78, 5) is 0. The van der Waals surface area contributed by atoms with Gasteiger partial charge in [-0.1, -0.05) is 29.8 Å². The van der Waals surface area contributed by atoms with Gasteiger partial charge in [0.25, 0.3) is 0 Å². The minimum absolute atomic E-state index is 0.135. The molecule has 1 saturated carbocycles. The molecule has 7 nitrogen and oxygen atoms in total. The van der Waals surface area contributed by atoms with Crippen molar-refractivity contribution in [1.29, 1.82) is 0 Å². The molecule has 0 saturated heterocycles. The number of alkyl halides is 3. The van der Waals surface area contributed by atoms with Gasteiger partial charge in [0.15, 0.2) is 5.84 Å². The number of amidine groups is 1. The van der Waals surface area contributed by atoms with Crippen LogP contribution in [0.5, 0.6) is 0 Å². The molecule has 2 rings (SSSR count). The number of nitrogens with two attached hydrogens (primary N) is 1. The van der Waals surface area contributed by atoms with Crippen molar-refractivity contribution in [1.82, 2.24) is 20.2 Å². The van der Waals surface area contributed by atoms with Crippen LogP contribution in [0.4, 0.5) is 13.2 Å². The zero-order valence-corrected chi connectivity index (χ0v) is 11.8. The highest BCUT2D eigenvalue weighted by Gasteiger charge is 2.43. The summed E-state index contributed by atoms with van der Waals surface area (Å²) in [6.45, 7) is 0. The maximum atomic E-state index is 12.8. The molecule has 3 N–H and O–H groups in total. The first-order valence-electron chi connectivity index (χ1n) is 6.38. The minimum Gasteiger partial charge on any atom is -0.409 e. The topological polar surface area (TPSA) is 102 Å². The number of aromatic nitrogens is 4. The van der Waals surface area contributed by atoms with Gasteiger partial charge in [-0.15, -0.1) is 5.10 Å². The molecular formula is C10H15F3N6OS. The van der Waals surface area contributed by atoms with Gasteiger partial charge >= 0.3 is 6.18 Å². The molecule has 0 aromatic carbocycles. The molecule has 11 heteroatoms. The highest BCUT2D eigenvalue weighted by Crippen LogP contribution is 2.34. The summed E-state index contributed by atoms with van der Waals surface area (Å²) >= 11 is 0.854. The highest BCUT2D eigenvalue weighted by molar-refractivity contribution is 7.99. The molecule has 0 spiro atoms. The molecule has 1 aromatic rings. The van der Waals surface area contributed by atoms with Crippen molar-refractivity contribution in [3.63, 3.8) is 0 Å². The predicted octanol–water partition coefficient (Wildman–Crippen LogP) is 1.81. The van der Waals surface area contributed by atoms with Crippen LogP contribution in [0, 0.1) is 5.92 Å². The van der Waals surface area contributed by atoms with E-state index in [0.717, 1.165) is 37.4 Å². The molecule has 0 radical (unpaired) electrons. The van der Waals surface area contributed by atoms with Gasteiger partial charge in [-0.3, -0.25) is 0 Å². The van der Waals surface area contributed by atoms with Gasteiger partial charge in [0.2, 0.25) is 5.16 Å². The fraction of sp³-hybridized carbons (Fsp3) is 0.800. The molecule has 1 heterocycles. The van der Waals surface area contributed by atoms with Gasteiger partial charge in [-0.05, 0) is 23.3 Å². The Balaban J connectivity index is 2.06. The van der Waals surface area contributed by atoms with Crippen molar-refractivity contribution in [3.05, 3.63) is 0 Å². The lowest BCUT2D eigenvalue weighted by molar-refractivity contribution is -0.150. The average Bonchev–Trinajstić information content (AvgIpc) is 3.07. The van der Waals surface area contributed by atoms with Crippen LogP contribution in [0.25, 0.3) is 0 Å². The van der Waals surface area contributed by atoms with Crippen molar-refractivity contribution in [3.8, 4) is 0 Å². The van der Waals surface area contributed by atoms with Crippen LogP contribution in [0.15, 0.2) is 10.3 Å². The van der Waals surface area contributed by atoms with E-state index in [1.165, 1.54) is 0 Å². The lowest BCUT2D eigenvalue weighted by atomic mass is 10.1. The lowest BCUT2D eigenvalue weighted by Gasteiger charge is -2.18. The van der Waals surface area contributed by atoms with Crippen molar-refractivity contribution >= 4 is 17.6 Å². The quantitative estimate of drug-likeness (QED) is 0.281. The molecule has 0 bridgehead atoms. The van der Waals surface area contributed by atoms with E-state index in [1.54, 1.807) is 4.68 Å². The van der Waals surface area contributed by atoms with E-state index in [-0.39, 0.29) is 6.04 Å². The predicted molar refractivity (Wildman–Crippen MR) is 69.0 cm³/mol. The molecule has 1 unspecified atom stereocenters. The summed E-state index contributed by atoms with van der Waals surface area (Å²) < 4.78 is 40.1. The van der Waals surface area contributed by atoms with E-state index < -0.39 is 23.7 Å². The smallest absolute Gasteiger partial charge is 0.399 e. The molecule has 0 amide bonds. The zero-order valence-electron chi connectivity index (χ0n) is 11.0. The first-order valence-corrected chi connectivity index (χ1v) is 7.37. The lowest BCUT2D eigenvalue weighted by Crippen LogP contribution is -2.37. The van der Waals surface area contributed by atoms with Gasteiger partial charge < -0.3 is 10.9 Å². The second kappa shape index (κ2) is 6.50. The van der Waals surface area contributed by atoms with Crippen molar-refractivity contribution < 1.29 is 18.4 Å². The van der Waals surface area contributed by atoms with Gasteiger partial charge in [0.1, 0.15) is 5.92 Å². The van der Waals surface area contributed by atoms with Crippen molar-refractivity contribution in [2.24, 2.45) is 16.8 Å². The largest absolute Gasteiger partial charge is 0.409 e. The number of hydrogen-bond donors (Lipinski definition) is 2. The van der Waals surface area contributed by atoms with Crippen LogP contribution in [0.1, 0.15) is 31.7 Å². The SMILES string of the molecule is NC(=NO)C(CSc1nnnn1C1CCCC1)C(F)(F)F. The zero-order chi connectivity index (χ0) is 15.5. The van der Waals surface area contributed by atoms with Crippen molar-refractivity contribution in [2.45, 2.75) is 43.1 Å². The van der Waals surface area contributed by atoms with Gasteiger partial charge in [-0.2, -0.15) is 13.2 Å². The highest BCUT2D eigenvalue weighted by atomic mass is 32.2. The Hall–Kier alpha value is -1.52. The molecule has 118 valence electrons. The first kappa shape index (κ1) is 15.9. The van der Waals surface area contributed by atoms with Crippen LogP contribution in [-0.4, -0.2) is 43.2 Å². The van der Waals surface area contributed by atoms with Crippen LogP contribution < -0.4 is 5.73 Å². The number of nitrogens with zero attached hydrogens (tertiary/aromatic N) is 5. The number of oxime groups is 1. The van der Waals surface area contributed by atoms with Crippen molar-refractivity contribution in [2.75, 3.05) is 5.75 Å². The maximum absolute atomic E-state index is 12.8. The van der Waals surface area contributed by atoms with E-state index in [1.807, 2.05) is 0 Å². The summed E-state index contributed by atoms with van der Waals surface area (Å²) in [5.74, 6) is -3.34. The number of tetrazole rings is 1. The number of thioether (sulfide) groups is 1. The number of hydrogen-bond acceptors (Lipinski definition) is 6. The summed E-state index contributed by atoms with van der Waals surface area (Å²) in [5, 5.41) is 22.4. The normalized spacial score (nSPS) is 19.1. The fourth-order valence-corrected chi connectivity index (χ4v) is 3.32. The molecule has 1 atom stereocenters. The standard InChI is InChI=1S/C10H15F3N6OS/c11-10(12,13)7(8(14)16-20)5-21-9-15-17-18-19(9)6-3-1-2-4-6/h6-7,20H,1-5H2,(H2,14,16). The Morgan fingerprint density at radius 1 is 1.48 bits per heavy atom. The van der Waals surface area contributed by atoms with Gasteiger partial charge in [0, 0.05) is 5.75 Å². The monoisotopic (exact) mass is 324 g/mol. The summed E-state index contributed by atoms with van der Waals surface area (Å²) in [6.07, 6.45) is -0.633. The van der Waals surface area contributed by atoms with E-state index in [9.17, 15) is 13.2 Å². The number of rotatable bonds is 5. The Kier molecular flexibility index (Phi) is 4.91. The fourth-order valence-electron chi connectivity index (χ4n) is 2.23. The summed E-state index contributed by atoms with van der Waals surface area (Å²) in [6, 6.07) is 0.135. The van der Waals surface area contributed by atoms with Crippen LogP contribution in [-0.2, 0) is 0 Å². The van der Waals surface area contributed by atoms with E-state index >= 15 is 0 Å². The van der Waals surface area contributed by atoms with Gasteiger partial charge in [0.05, 0.1) is 6.04 Å². The minimum atomic E-state index is -4.59. The Morgan fingerprint density at radius 2 is 2.14 bits per heavy atom. The molecule has 1 aromatic heterocycles. The van der Waals surface area contributed by atoms with Crippen LogP contribution >= 0.6 is 11.8 Å². The molecule has 1 aliphatic rings. The Morgan fingerprint density at radius 3 is 2.71 bits per heavy atom. The van der Waals surface area contributed by atoms with Gasteiger partial charge in [-0.25, -0.2) is 4.68 Å². The third-order valence-corrected chi connectivity index (χ3v) is 4.41.